The number of ketones is 1. The SMILES string of the molecule is CC(=O)c1c[nH]c2c(Cl)ccnc12. The summed E-state index contributed by atoms with van der Waals surface area (Å²) in [6.45, 7) is 1.51. The smallest absolute Gasteiger partial charge is 0.163 e. The zero-order chi connectivity index (χ0) is 9.42. The molecule has 66 valence electrons. The van der Waals surface area contributed by atoms with Crippen LogP contribution in [-0.2, 0) is 0 Å². The van der Waals surface area contributed by atoms with Gasteiger partial charge in [-0.1, -0.05) is 11.6 Å². The van der Waals surface area contributed by atoms with Crippen LogP contribution in [0.15, 0.2) is 18.5 Å². The Balaban J connectivity index is 2.83. The highest BCUT2D eigenvalue weighted by molar-refractivity contribution is 6.35. The van der Waals surface area contributed by atoms with Crippen LogP contribution in [-0.4, -0.2) is 15.8 Å². The predicted octanol–water partition coefficient (Wildman–Crippen LogP) is 2.42. The summed E-state index contributed by atoms with van der Waals surface area (Å²) in [4.78, 5) is 18.1. The number of H-pyrrole nitrogens is 1. The van der Waals surface area contributed by atoms with E-state index in [0.29, 0.717) is 16.1 Å². The number of hydrogen-bond donors (Lipinski definition) is 1. The molecule has 0 amide bonds. The van der Waals surface area contributed by atoms with Gasteiger partial charge in [0.25, 0.3) is 0 Å². The first-order valence-electron chi connectivity index (χ1n) is 3.82. The molecule has 13 heavy (non-hydrogen) atoms. The van der Waals surface area contributed by atoms with Gasteiger partial charge < -0.3 is 4.98 Å². The molecule has 0 bridgehead atoms. The number of aromatic nitrogens is 2. The lowest BCUT2D eigenvalue weighted by Gasteiger charge is -1.93. The van der Waals surface area contributed by atoms with E-state index in [0.717, 1.165) is 5.52 Å². The van der Waals surface area contributed by atoms with Crippen molar-refractivity contribution in [1.29, 1.82) is 0 Å². The lowest BCUT2D eigenvalue weighted by molar-refractivity contribution is 0.101. The zero-order valence-corrected chi connectivity index (χ0v) is 7.72. The zero-order valence-electron chi connectivity index (χ0n) is 6.97. The van der Waals surface area contributed by atoms with Gasteiger partial charge in [-0.05, 0) is 13.0 Å². The van der Waals surface area contributed by atoms with Gasteiger partial charge >= 0.3 is 0 Å². The molecule has 0 aliphatic rings. The molecule has 0 saturated heterocycles. The molecule has 0 aliphatic carbocycles. The quantitative estimate of drug-likeness (QED) is 0.709. The molecule has 0 unspecified atom stereocenters. The predicted molar refractivity (Wildman–Crippen MR) is 51.1 cm³/mol. The summed E-state index contributed by atoms with van der Waals surface area (Å²) in [5.74, 6) is -0.0129. The molecule has 2 heterocycles. The van der Waals surface area contributed by atoms with Crippen LogP contribution in [0.3, 0.4) is 0 Å². The van der Waals surface area contributed by atoms with Gasteiger partial charge in [0.1, 0.15) is 5.52 Å². The number of hydrogen-bond acceptors (Lipinski definition) is 2. The third kappa shape index (κ3) is 1.21. The molecule has 0 radical (unpaired) electrons. The molecule has 0 aromatic carbocycles. The summed E-state index contributed by atoms with van der Waals surface area (Å²) in [6.07, 6.45) is 3.22. The molecule has 4 heteroatoms. The van der Waals surface area contributed by atoms with Gasteiger partial charge in [-0.3, -0.25) is 9.78 Å². The fourth-order valence-corrected chi connectivity index (χ4v) is 1.46. The minimum Gasteiger partial charge on any atom is -0.358 e. The van der Waals surface area contributed by atoms with Crippen molar-refractivity contribution in [2.75, 3.05) is 0 Å². The Bertz CT molecular complexity index is 475. The second-order valence-corrected chi connectivity index (χ2v) is 3.18. The van der Waals surface area contributed by atoms with Crippen LogP contribution in [0.2, 0.25) is 5.02 Å². The van der Waals surface area contributed by atoms with E-state index in [2.05, 4.69) is 9.97 Å². The lowest BCUT2D eigenvalue weighted by atomic mass is 10.2. The van der Waals surface area contributed by atoms with Gasteiger partial charge in [0.05, 0.1) is 16.1 Å². The Labute approximate surface area is 79.7 Å². The second-order valence-electron chi connectivity index (χ2n) is 2.77. The summed E-state index contributed by atoms with van der Waals surface area (Å²) in [5, 5.41) is 0.581. The van der Waals surface area contributed by atoms with Crippen LogP contribution in [0, 0.1) is 0 Å². The maximum Gasteiger partial charge on any atom is 0.163 e. The van der Waals surface area contributed by atoms with Gasteiger partial charge in [0, 0.05) is 12.4 Å². The lowest BCUT2D eigenvalue weighted by Crippen LogP contribution is -1.90. The second kappa shape index (κ2) is 2.85. The standard InChI is InChI=1S/C9H7ClN2O/c1-5(13)6-4-12-9-7(10)2-3-11-8(6)9/h2-4,12H,1H3. The van der Waals surface area contributed by atoms with Crippen LogP contribution in [0.25, 0.3) is 11.0 Å². The van der Waals surface area contributed by atoms with Crippen LogP contribution in [0.1, 0.15) is 17.3 Å². The van der Waals surface area contributed by atoms with Gasteiger partial charge in [-0.25, -0.2) is 0 Å². The van der Waals surface area contributed by atoms with Crippen molar-refractivity contribution in [3.8, 4) is 0 Å². The van der Waals surface area contributed by atoms with Crippen molar-refractivity contribution in [3.05, 3.63) is 29.0 Å². The fraction of sp³-hybridized carbons (Fsp3) is 0.111. The molecule has 0 saturated carbocycles. The van der Waals surface area contributed by atoms with E-state index in [9.17, 15) is 4.79 Å². The normalized spacial score (nSPS) is 10.6. The first-order valence-corrected chi connectivity index (χ1v) is 4.20. The number of Topliss-reactive ketones (excluding diaryl/α,β-unsaturated/α-hetero) is 1. The van der Waals surface area contributed by atoms with Gasteiger partial charge in [0.15, 0.2) is 5.78 Å². The third-order valence-corrected chi connectivity index (χ3v) is 2.21. The van der Waals surface area contributed by atoms with E-state index in [1.54, 1.807) is 18.5 Å². The van der Waals surface area contributed by atoms with Gasteiger partial charge in [-0.2, -0.15) is 0 Å². The van der Waals surface area contributed by atoms with Crippen LogP contribution < -0.4 is 0 Å². The largest absolute Gasteiger partial charge is 0.358 e. The summed E-state index contributed by atoms with van der Waals surface area (Å²) in [5.41, 5.74) is 1.94. The number of fused-ring (bicyclic) bond motifs is 1. The Kier molecular flexibility index (Phi) is 1.81. The van der Waals surface area contributed by atoms with E-state index in [4.69, 9.17) is 11.6 Å². The van der Waals surface area contributed by atoms with E-state index in [1.165, 1.54) is 6.92 Å². The Hall–Kier alpha value is -1.35. The molecular formula is C9H7ClN2O. The maximum atomic E-state index is 11.1. The van der Waals surface area contributed by atoms with E-state index >= 15 is 0 Å². The maximum absolute atomic E-state index is 11.1. The summed E-state index contributed by atoms with van der Waals surface area (Å²) in [7, 11) is 0. The van der Waals surface area contributed by atoms with E-state index in [1.807, 2.05) is 0 Å². The van der Waals surface area contributed by atoms with Crippen LogP contribution >= 0.6 is 11.6 Å². The van der Waals surface area contributed by atoms with Crippen molar-refractivity contribution in [3.63, 3.8) is 0 Å². The molecule has 2 aromatic rings. The van der Waals surface area contributed by atoms with Crippen LogP contribution in [0.4, 0.5) is 0 Å². The summed E-state index contributed by atoms with van der Waals surface area (Å²) >= 11 is 5.89. The highest BCUT2D eigenvalue weighted by atomic mass is 35.5. The van der Waals surface area contributed by atoms with E-state index in [-0.39, 0.29) is 5.78 Å². The number of aromatic amines is 1. The average Bonchev–Trinajstić information content (AvgIpc) is 2.48. The summed E-state index contributed by atoms with van der Waals surface area (Å²) in [6, 6.07) is 1.68. The minimum absolute atomic E-state index is 0.0129. The molecule has 3 nitrogen and oxygen atoms in total. The van der Waals surface area contributed by atoms with Gasteiger partial charge in [-0.15, -0.1) is 0 Å². The van der Waals surface area contributed by atoms with Crippen LogP contribution in [0.5, 0.6) is 0 Å². The first kappa shape index (κ1) is 8.26. The number of nitrogens with zero attached hydrogens (tertiary/aromatic N) is 1. The van der Waals surface area contributed by atoms with Crippen molar-refractivity contribution in [1.82, 2.24) is 9.97 Å². The molecule has 0 fully saturated rings. The Morgan fingerprint density at radius 1 is 1.62 bits per heavy atom. The number of halogens is 1. The van der Waals surface area contributed by atoms with Gasteiger partial charge in [0.2, 0.25) is 0 Å². The molecule has 2 aromatic heterocycles. The molecular weight excluding hydrogens is 188 g/mol. The van der Waals surface area contributed by atoms with Crippen molar-refractivity contribution in [2.24, 2.45) is 0 Å². The monoisotopic (exact) mass is 194 g/mol. The molecule has 1 N–H and O–H groups in total. The number of carbonyl (C=O) groups excluding carboxylic acids is 1. The number of carbonyl (C=O) groups is 1. The van der Waals surface area contributed by atoms with E-state index < -0.39 is 0 Å². The third-order valence-electron chi connectivity index (χ3n) is 1.90. The molecule has 2 rings (SSSR count). The number of pyridine rings is 1. The fourth-order valence-electron chi connectivity index (χ4n) is 1.26. The topological polar surface area (TPSA) is 45.8 Å². The Morgan fingerprint density at radius 3 is 3.08 bits per heavy atom. The Morgan fingerprint density at radius 2 is 2.38 bits per heavy atom. The molecule has 0 spiro atoms. The molecule has 0 aliphatic heterocycles. The summed E-state index contributed by atoms with van der Waals surface area (Å²) < 4.78 is 0. The highest BCUT2D eigenvalue weighted by Gasteiger charge is 2.10. The minimum atomic E-state index is -0.0129. The van der Waals surface area contributed by atoms with Crippen molar-refractivity contribution >= 4 is 28.4 Å². The first-order chi connectivity index (χ1) is 6.20. The molecule has 0 atom stereocenters. The average molecular weight is 195 g/mol. The van der Waals surface area contributed by atoms with Crippen molar-refractivity contribution in [2.45, 2.75) is 6.92 Å². The highest BCUT2D eigenvalue weighted by Crippen LogP contribution is 2.22. The van der Waals surface area contributed by atoms with Crippen molar-refractivity contribution < 1.29 is 4.79 Å². The number of nitrogens with one attached hydrogen (secondary N) is 1. The number of rotatable bonds is 1.